The first-order valence-corrected chi connectivity index (χ1v) is 11.0. The number of hydrogen-bond donors (Lipinski definition) is 1. The zero-order valence-electron chi connectivity index (χ0n) is 18.4. The Kier molecular flexibility index (Phi) is 6.29. The highest BCUT2D eigenvalue weighted by atomic mass is 32.2. The van der Waals surface area contributed by atoms with E-state index in [9.17, 15) is 10.1 Å². The third-order valence-corrected chi connectivity index (χ3v) is 6.23. The predicted molar refractivity (Wildman–Crippen MR) is 126 cm³/mol. The van der Waals surface area contributed by atoms with Crippen molar-refractivity contribution < 1.29 is 19.0 Å². The number of nitrogens with two attached hydrogens (primary N) is 1. The van der Waals surface area contributed by atoms with Gasteiger partial charge >= 0.3 is 5.97 Å². The van der Waals surface area contributed by atoms with E-state index in [0.717, 1.165) is 5.56 Å². The van der Waals surface area contributed by atoms with Crippen LogP contribution < -0.4 is 15.2 Å². The van der Waals surface area contributed by atoms with Crippen molar-refractivity contribution in [1.29, 1.82) is 5.26 Å². The van der Waals surface area contributed by atoms with Crippen LogP contribution >= 0.6 is 11.8 Å². The minimum atomic E-state index is -0.690. The normalized spacial score (nSPS) is 17.3. The molecule has 0 saturated heterocycles. The Morgan fingerprint density at radius 1 is 1.18 bits per heavy atom. The number of esters is 1. The lowest BCUT2D eigenvalue weighted by Crippen LogP contribution is -2.38. The molecule has 0 fully saturated rings. The molecule has 0 radical (unpaired) electrons. The van der Waals surface area contributed by atoms with E-state index in [1.165, 1.54) is 11.8 Å². The Bertz CT molecular complexity index is 1230. The molecule has 0 bridgehead atoms. The predicted octanol–water partition coefficient (Wildman–Crippen LogP) is 3.79. The first-order valence-electron chi connectivity index (χ1n) is 10.2. The first kappa shape index (κ1) is 22.3. The molecule has 2 N–H and O–H groups in total. The number of nitrogens with zero attached hydrogens (tertiary/aromatic N) is 3. The van der Waals surface area contributed by atoms with E-state index in [2.05, 4.69) is 6.07 Å². The highest BCUT2D eigenvalue weighted by Gasteiger charge is 2.44. The Morgan fingerprint density at radius 3 is 2.55 bits per heavy atom. The summed E-state index contributed by atoms with van der Waals surface area (Å²) in [4.78, 5) is 20.1. The highest BCUT2D eigenvalue weighted by Crippen LogP contribution is 2.48. The maximum Gasteiger partial charge on any atom is 0.338 e. The van der Waals surface area contributed by atoms with Gasteiger partial charge in [0, 0.05) is 5.56 Å². The third kappa shape index (κ3) is 3.90. The molecular weight excluding hydrogens is 440 g/mol. The number of benzene rings is 2. The van der Waals surface area contributed by atoms with Gasteiger partial charge in [-0.2, -0.15) is 5.26 Å². The number of amidine groups is 1. The number of carbonyl (C=O) groups is 1. The maximum absolute atomic E-state index is 13.3. The van der Waals surface area contributed by atoms with Gasteiger partial charge in [0.1, 0.15) is 16.8 Å². The van der Waals surface area contributed by atoms with Crippen LogP contribution in [0, 0.1) is 11.3 Å². The molecule has 9 heteroatoms. The molecular formula is C24H22N4O4S. The summed E-state index contributed by atoms with van der Waals surface area (Å²) in [5.41, 5.74) is 8.62. The van der Waals surface area contributed by atoms with Gasteiger partial charge in [-0.3, -0.25) is 4.90 Å². The number of fused-ring (bicyclic) bond motifs is 1. The largest absolute Gasteiger partial charge is 0.493 e. The molecule has 2 aromatic carbocycles. The van der Waals surface area contributed by atoms with Gasteiger partial charge < -0.3 is 19.9 Å². The van der Waals surface area contributed by atoms with Crippen LogP contribution in [0.1, 0.15) is 24.1 Å². The molecule has 168 valence electrons. The summed E-state index contributed by atoms with van der Waals surface area (Å²) in [5, 5.41) is 10.1. The molecule has 0 aliphatic carbocycles. The molecule has 8 nitrogen and oxygen atoms in total. The molecule has 0 amide bonds. The second kappa shape index (κ2) is 9.30. The summed E-state index contributed by atoms with van der Waals surface area (Å²) in [6.45, 7) is 1.94. The summed E-state index contributed by atoms with van der Waals surface area (Å²) >= 11 is 1.17. The van der Waals surface area contributed by atoms with E-state index in [4.69, 9.17) is 24.9 Å². The standard InChI is InChI=1S/C24H22N4O4S/c1-4-32-23(29)19-20(14-8-6-5-7-9-14)27-24-28(22(26)18(13-25)33-24)21(19)15-10-11-16(30-2)17(12-15)31-3/h5-12,21H,4,26H2,1-3H3/t21-/m0/s1. The molecule has 0 aromatic heterocycles. The monoisotopic (exact) mass is 462 g/mol. The number of carbonyl (C=O) groups excluding carboxylic acids is 1. The van der Waals surface area contributed by atoms with Crippen molar-refractivity contribution in [2.75, 3.05) is 20.8 Å². The zero-order valence-corrected chi connectivity index (χ0v) is 19.2. The van der Waals surface area contributed by atoms with Crippen molar-refractivity contribution in [3.05, 3.63) is 76.0 Å². The third-order valence-electron chi connectivity index (χ3n) is 5.25. The lowest BCUT2D eigenvalue weighted by atomic mass is 9.91. The quantitative estimate of drug-likeness (QED) is 0.646. The van der Waals surface area contributed by atoms with Gasteiger partial charge in [0.05, 0.1) is 38.1 Å². The maximum atomic E-state index is 13.3. The summed E-state index contributed by atoms with van der Waals surface area (Å²) in [6, 6.07) is 16.2. The van der Waals surface area contributed by atoms with Crippen LogP contribution in [0.25, 0.3) is 5.70 Å². The van der Waals surface area contributed by atoms with Crippen molar-refractivity contribution in [3.63, 3.8) is 0 Å². The van der Waals surface area contributed by atoms with Gasteiger partial charge in [-0.05, 0) is 36.4 Å². The van der Waals surface area contributed by atoms with E-state index in [0.29, 0.717) is 38.4 Å². The lowest BCUT2D eigenvalue weighted by Gasteiger charge is -2.35. The first-order chi connectivity index (χ1) is 16.0. The van der Waals surface area contributed by atoms with Crippen molar-refractivity contribution >= 4 is 28.6 Å². The second-order valence-electron chi connectivity index (χ2n) is 7.06. The Hall–Kier alpha value is -3.90. The van der Waals surface area contributed by atoms with E-state index < -0.39 is 12.0 Å². The fraction of sp³-hybridized carbons (Fsp3) is 0.208. The van der Waals surface area contributed by atoms with Gasteiger partial charge in [-0.25, -0.2) is 9.79 Å². The molecule has 0 saturated carbocycles. The number of hydrogen-bond acceptors (Lipinski definition) is 9. The molecule has 2 heterocycles. The molecule has 4 rings (SSSR count). The van der Waals surface area contributed by atoms with Crippen molar-refractivity contribution in [3.8, 4) is 17.6 Å². The number of ether oxygens (including phenoxy) is 3. The minimum Gasteiger partial charge on any atom is -0.493 e. The zero-order chi connectivity index (χ0) is 23.5. The lowest BCUT2D eigenvalue weighted by molar-refractivity contribution is -0.139. The van der Waals surface area contributed by atoms with Gasteiger partial charge in [0.15, 0.2) is 16.7 Å². The fourth-order valence-corrected chi connectivity index (χ4v) is 4.67. The average molecular weight is 463 g/mol. The fourth-order valence-electron chi connectivity index (χ4n) is 3.80. The summed E-state index contributed by atoms with van der Waals surface area (Å²) in [5.74, 6) is 0.767. The molecule has 0 unspecified atom stereocenters. The molecule has 1 atom stereocenters. The summed E-state index contributed by atoms with van der Waals surface area (Å²) in [6.07, 6.45) is 0. The minimum absolute atomic E-state index is 0.198. The van der Waals surface area contributed by atoms with Gasteiger partial charge in [-0.15, -0.1) is 0 Å². The van der Waals surface area contributed by atoms with Crippen LogP contribution in [0.3, 0.4) is 0 Å². The number of allylic oxidation sites excluding steroid dienone is 1. The Morgan fingerprint density at radius 2 is 1.91 bits per heavy atom. The van der Waals surface area contributed by atoms with Crippen LogP contribution in [-0.2, 0) is 9.53 Å². The second-order valence-corrected chi connectivity index (χ2v) is 8.04. The van der Waals surface area contributed by atoms with E-state index in [1.807, 2.05) is 36.4 Å². The van der Waals surface area contributed by atoms with Crippen LogP contribution in [0.15, 0.2) is 69.8 Å². The highest BCUT2D eigenvalue weighted by molar-refractivity contribution is 8.17. The molecule has 0 spiro atoms. The van der Waals surface area contributed by atoms with Crippen molar-refractivity contribution in [2.24, 2.45) is 10.7 Å². The Labute approximate surface area is 195 Å². The molecule has 2 aromatic rings. The summed E-state index contributed by atoms with van der Waals surface area (Å²) in [7, 11) is 3.10. The number of nitriles is 1. The van der Waals surface area contributed by atoms with Gasteiger partial charge in [0.25, 0.3) is 0 Å². The number of rotatable bonds is 6. The number of aliphatic imine (C=N–C) groups is 1. The van der Waals surface area contributed by atoms with Crippen LogP contribution in [0.5, 0.6) is 11.5 Å². The number of thioether (sulfide) groups is 1. The van der Waals surface area contributed by atoms with Crippen LogP contribution in [-0.4, -0.2) is 36.9 Å². The topological polar surface area (TPSA) is 110 Å². The molecule has 2 aliphatic heterocycles. The van der Waals surface area contributed by atoms with E-state index in [-0.39, 0.29) is 12.4 Å². The molecule has 33 heavy (non-hydrogen) atoms. The Balaban J connectivity index is 2.01. The number of methoxy groups -OCH3 is 2. The van der Waals surface area contributed by atoms with Gasteiger partial charge in [0.2, 0.25) is 0 Å². The average Bonchev–Trinajstić information content (AvgIpc) is 3.18. The van der Waals surface area contributed by atoms with Crippen LogP contribution in [0.2, 0.25) is 0 Å². The van der Waals surface area contributed by atoms with Crippen molar-refractivity contribution in [2.45, 2.75) is 13.0 Å². The molecule has 2 aliphatic rings. The van der Waals surface area contributed by atoms with Gasteiger partial charge in [-0.1, -0.05) is 36.4 Å². The smallest absolute Gasteiger partial charge is 0.338 e. The summed E-state index contributed by atoms with van der Waals surface area (Å²) < 4.78 is 16.3. The van der Waals surface area contributed by atoms with Crippen molar-refractivity contribution in [1.82, 2.24) is 4.90 Å². The van der Waals surface area contributed by atoms with Crippen LogP contribution in [0.4, 0.5) is 0 Å². The van der Waals surface area contributed by atoms with E-state index in [1.54, 1.807) is 38.2 Å². The van der Waals surface area contributed by atoms with E-state index >= 15 is 0 Å². The SMILES string of the molecule is CCOC(=O)C1=C(c2ccccc2)N=C2SC(C#N)=C(N)N2[C@H]1c1ccc(OC)c(OC)c1.